The molecule has 1 aromatic rings. The molecule has 110 valence electrons. The van der Waals surface area contributed by atoms with Gasteiger partial charge in [0.1, 0.15) is 11.6 Å². The Morgan fingerprint density at radius 2 is 2.05 bits per heavy atom. The third-order valence-electron chi connectivity index (χ3n) is 2.50. The van der Waals surface area contributed by atoms with E-state index in [2.05, 4.69) is 5.32 Å². The van der Waals surface area contributed by atoms with E-state index in [0.717, 1.165) is 24.3 Å². The van der Waals surface area contributed by atoms with Gasteiger partial charge >= 0.3 is 0 Å². The Morgan fingerprint density at radius 1 is 1.45 bits per heavy atom. The van der Waals surface area contributed by atoms with Gasteiger partial charge in [-0.1, -0.05) is 6.07 Å². The SMILES string of the molecule is CSCC(C)(O)CNC(=O)C=Cc1c(F)cccc1F. The van der Waals surface area contributed by atoms with Gasteiger partial charge in [0.25, 0.3) is 0 Å². The Balaban J connectivity index is 2.61. The molecule has 0 aliphatic heterocycles. The molecule has 0 spiro atoms. The van der Waals surface area contributed by atoms with Crippen molar-refractivity contribution in [1.82, 2.24) is 5.32 Å². The molecule has 6 heteroatoms. The lowest BCUT2D eigenvalue weighted by Crippen LogP contribution is -2.41. The number of carbonyl (C=O) groups is 1. The van der Waals surface area contributed by atoms with E-state index in [0.29, 0.717) is 5.75 Å². The monoisotopic (exact) mass is 301 g/mol. The average Bonchev–Trinajstić information content (AvgIpc) is 2.36. The zero-order valence-corrected chi connectivity index (χ0v) is 12.1. The summed E-state index contributed by atoms with van der Waals surface area (Å²) in [6.07, 6.45) is 3.96. The van der Waals surface area contributed by atoms with Gasteiger partial charge in [0.2, 0.25) is 5.91 Å². The van der Waals surface area contributed by atoms with Crippen molar-refractivity contribution in [3.05, 3.63) is 41.5 Å². The quantitative estimate of drug-likeness (QED) is 0.792. The summed E-state index contributed by atoms with van der Waals surface area (Å²) in [5, 5.41) is 12.3. The summed E-state index contributed by atoms with van der Waals surface area (Å²) in [6.45, 7) is 1.67. The summed E-state index contributed by atoms with van der Waals surface area (Å²) in [5.41, 5.74) is -1.29. The van der Waals surface area contributed by atoms with E-state index in [-0.39, 0.29) is 12.1 Å². The summed E-state index contributed by atoms with van der Waals surface area (Å²) in [6, 6.07) is 3.48. The highest BCUT2D eigenvalue weighted by Crippen LogP contribution is 2.13. The van der Waals surface area contributed by atoms with E-state index in [9.17, 15) is 18.7 Å². The maximum atomic E-state index is 13.3. The second-order valence-corrected chi connectivity index (χ2v) is 5.48. The molecule has 1 amide bonds. The highest BCUT2D eigenvalue weighted by atomic mass is 32.2. The molecule has 0 saturated carbocycles. The summed E-state index contributed by atoms with van der Waals surface area (Å²) < 4.78 is 26.6. The van der Waals surface area contributed by atoms with Crippen LogP contribution in [0, 0.1) is 11.6 Å². The Labute approximate surface area is 121 Å². The largest absolute Gasteiger partial charge is 0.387 e. The van der Waals surface area contributed by atoms with Crippen LogP contribution in [-0.2, 0) is 4.79 Å². The third kappa shape index (κ3) is 5.30. The van der Waals surface area contributed by atoms with Crippen LogP contribution in [0.5, 0.6) is 0 Å². The van der Waals surface area contributed by atoms with Crippen LogP contribution in [0.4, 0.5) is 8.78 Å². The molecule has 0 heterocycles. The first kappa shape index (κ1) is 16.7. The van der Waals surface area contributed by atoms with Gasteiger partial charge in [-0.05, 0) is 31.4 Å². The molecule has 0 fully saturated rings. The summed E-state index contributed by atoms with van der Waals surface area (Å²) in [7, 11) is 0. The number of nitrogens with one attached hydrogen (secondary N) is 1. The van der Waals surface area contributed by atoms with Gasteiger partial charge in [-0.2, -0.15) is 11.8 Å². The molecule has 0 saturated heterocycles. The molecule has 1 unspecified atom stereocenters. The summed E-state index contributed by atoms with van der Waals surface area (Å²) in [5.74, 6) is -1.51. The molecule has 3 nitrogen and oxygen atoms in total. The normalized spacial score (nSPS) is 14.2. The highest BCUT2D eigenvalue weighted by Gasteiger charge is 2.19. The van der Waals surface area contributed by atoms with E-state index < -0.39 is 23.1 Å². The van der Waals surface area contributed by atoms with Crippen molar-refractivity contribution in [3.8, 4) is 0 Å². The summed E-state index contributed by atoms with van der Waals surface area (Å²) in [4.78, 5) is 11.5. The Bertz CT molecular complexity index is 484. The maximum absolute atomic E-state index is 13.3. The maximum Gasteiger partial charge on any atom is 0.244 e. The number of carbonyl (C=O) groups excluding carboxylic acids is 1. The number of hydrogen-bond acceptors (Lipinski definition) is 3. The minimum Gasteiger partial charge on any atom is -0.387 e. The number of amides is 1. The predicted molar refractivity (Wildman–Crippen MR) is 77.4 cm³/mol. The first-order valence-electron chi connectivity index (χ1n) is 5.97. The van der Waals surface area contributed by atoms with Gasteiger partial charge in [0, 0.05) is 23.9 Å². The van der Waals surface area contributed by atoms with Crippen molar-refractivity contribution < 1.29 is 18.7 Å². The van der Waals surface area contributed by atoms with Crippen molar-refractivity contribution in [2.75, 3.05) is 18.6 Å². The number of aliphatic hydroxyl groups is 1. The molecule has 0 aliphatic carbocycles. The van der Waals surface area contributed by atoms with E-state index in [4.69, 9.17) is 0 Å². The van der Waals surface area contributed by atoms with Crippen molar-refractivity contribution >= 4 is 23.7 Å². The van der Waals surface area contributed by atoms with E-state index in [1.54, 1.807) is 6.92 Å². The molecule has 0 bridgehead atoms. The third-order valence-corrected chi connectivity index (χ3v) is 3.41. The van der Waals surface area contributed by atoms with Crippen LogP contribution in [0.2, 0.25) is 0 Å². The van der Waals surface area contributed by atoms with Crippen molar-refractivity contribution in [1.29, 1.82) is 0 Å². The number of halogens is 2. The minimum atomic E-state index is -1.02. The standard InChI is InChI=1S/C14H17F2NO2S/c1-14(19,9-20-2)8-17-13(18)7-6-10-11(15)4-3-5-12(10)16/h3-7,19H,8-9H2,1-2H3,(H,17,18). The zero-order valence-electron chi connectivity index (χ0n) is 11.3. The number of rotatable bonds is 6. The van der Waals surface area contributed by atoms with E-state index in [1.165, 1.54) is 17.8 Å². The zero-order chi connectivity index (χ0) is 15.2. The van der Waals surface area contributed by atoms with Crippen molar-refractivity contribution in [2.24, 2.45) is 0 Å². The molecule has 1 aromatic carbocycles. The summed E-state index contributed by atoms with van der Waals surface area (Å²) >= 11 is 1.46. The molecular weight excluding hydrogens is 284 g/mol. The molecule has 1 atom stereocenters. The number of benzene rings is 1. The van der Waals surface area contributed by atoms with Crippen molar-refractivity contribution in [2.45, 2.75) is 12.5 Å². The van der Waals surface area contributed by atoms with Gasteiger partial charge in [-0.25, -0.2) is 8.78 Å². The first-order chi connectivity index (χ1) is 9.35. The Hall–Kier alpha value is -1.40. The van der Waals surface area contributed by atoms with Crippen LogP contribution in [0.3, 0.4) is 0 Å². The van der Waals surface area contributed by atoms with Crippen LogP contribution in [0.15, 0.2) is 24.3 Å². The highest BCUT2D eigenvalue weighted by molar-refractivity contribution is 7.98. The first-order valence-corrected chi connectivity index (χ1v) is 7.36. The fourth-order valence-corrected chi connectivity index (χ4v) is 2.25. The Kier molecular flexibility index (Phi) is 6.16. The molecule has 0 aliphatic rings. The molecule has 2 N–H and O–H groups in total. The molecule has 1 rings (SSSR count). The Morgan fingerprint density at radius 3 is 2.60 bits per heavy atom. The lowest BCUT2D eigenvalue weighted by Gasteiger charge is -2.21. The van der Waals surface area contributed by atoms with Gasteiger partial charge < -0.3 is 10.4 Å². The van der Waals surface area contributed by atoms with Gasteiger partial charge in [0.05, 0.1) is 5.60 Å². The molecule has 0 radical (unpaired) electrons. The fourth-order valence-electron chi connectivity index (χ4n) is 1.53. The molecular formula is C14H17F2NO2S. The lowest BCUT2D eigenvalue weighted by atomic mass is 10.1. The molecule has 0 aromatic heterocycles. The van der Waals surface area contributed by atoms with E-state index >= 15 is 0 Å². The topological polar surface area (TPSA) is 49.3 Å². The number of thioether (sulfide) groups is 1. The second-order valence-electron chi connectivity index (χ2n) is 4.62. The van der Waals surface area contributed by atoms with E-state index in [1.807, 2.05) is 6.26 Å². The van der Waals surface area contributed by atoms with Crippen LogP contribution in [-0.4, -0.2) is 35.2 Å². The van der Waals surface area contributed by atoms with Crippen LogP contribution in [0.1, 0.15) is 12.5 Å². The smallest absolute Gasteiger partial charge is 0.244 e. The second kappa shape index (κ2) is 7.40. The minimum absolute atomic E-state index is 0.0662. The van der Waals surface area contributed by atoms with Crippen molar-refractivity contribution in [3.63, 3.8) is 0 Å². The average molecular weight is 301 g/mol. The van der Waals surface area contributed by atoms with Gasteiger partial charge in [-0.15, -0.1) is 0 Å². The van der Waals surface area contributed by atoms with Gasteiger partial charge in [-0.3, -0.25) is 4.79 Å². The number of hydrogen-bond donors (Lipinski definition) is 2. The van der Waals surface area contributed by atoms with Crippen LogP contribution in [0.25, 0.3) is 6.08 Å². The van der Waals surface area contributed by atoms with Crippen LogP contribution < -0.4 is 5.32 Å². The van der Waals surface area contributed by atoms with Gasteiger partial charge in [0.15, 0.2) is 0 Å². The molecule has 20 heavy (non-hydrogen) atoms. The lowest BCUT2D eigenvalue weighted by molar-refractivity contribution is -0.117. The van der Waals surface area contributed by atoms with Crippen LogP contribution >= 0.6 is 11.8 Å². The fraction of sp³-hybridized carbons (Fsp3) is 0.357. The predicted octanol–water partition coefficient (Wildman–Crippen LogP) is 2.21.